The second kappa shape index (κ2) is 7.13. The zero-order valence-corrected chi connectivity index (χ0v) is 13.8. The predicted molar refractivity (Wildman–Crippen MR) is 90.2 cm³/mol. The molecule has 134 valence electrons. The van der Waals surface area contributed by atoms with Crippen molar-refractivity contribution in [2.24, 2.45) is 0 Å². The van der Waals surface area contributed by atoms with E-state index < -0.39 is 18.0 Å². The zero-order chi connectivity index (χ0) is 18.7. The second-order valence-electron chi connectivity index (χ2n) is 5.14. The van der Waals surface area contributed by atoms with Gasteiger partial charge in [-0.05, 0) is 36.4 Å². The van der Waals surface area contributed by atoms with Gasteiger partial charge in [0.1, 0.15) is 5.76 Å². The summed E-state index contributed by atoms with van der Waals surface area (Å²) in [7, 11) is 0. The number of carbonyl (C=O) groups is 1. The first-order valence-electron chi connectivity index (χ1n) is 7.34. The van der Waals surface area contributed by atoms with Crippen molar-refractivity contribution < 1.29 is 27.1 Å². The van der Waals surface area contributed by atoms with Gasteiger partial charge < -0.3 is 14.5 Å². The molecule has 0 aliphatic carbocycles. The number of ether oxygens (including phenoxy) is 1. The van der Waals surface area contributed by atoms with E-state index in [0.29, 0.717) is 16.3 Å². The van der Waals surface area contributed by atoms with Crippen molar-refractivity contribution in [1.29, 1.82) is 0 Å². The number of anilines is 1. The number of alkyl halides is 3. The first kappa shape index (κ1) is 17.9. The number of rotatable bonds is 4. The van der Waals surface area contributed by atoms with E-state index >= 15 is 0 Å². The summed E-state index contributed by atoms with van der Waals surface area (Å²) in [6.07, 6.45) is -4.87. The molecule has 4 nitrogen and oxygen atoms in total. The van der Waals surface area contributed by atoms with E-state index in [1.54, 1.807) is 30.3 Å². The van der Waals surface area contributed by atoms with Crippen LogP contribution in [0.15, 0.2) is 65.1 Å². The van der Waals surface area contributed by atoms with Gasteiger partial charge in [-0.25, -0.2) is 0 Å². The lowest BCUT2D eigenvalue weighted by atomic mass is 10.2. The third-order valence-electron chi connectivity index (χ3n) is 3.33. The molecule has 0 aliphatic heterocycles. The molecule has 0 fully saturated rings. The Hall–Kier alpha value is -2.93. The molecule has 1 amide bonds. The Morgan fingerprint density at radius 2 is 1.69 bits per heavy atom. The van der Waals surface area contributed by atoms with E-state index in [4.69, 9.17) is 16.0 Å². The van der Waals surface area contributed by atoms with Gasteiger partial charge in [0.15, 0.2) is 11.5 Å². The average molecular weight is 382 g/mol. The average Bonchev–Trinajstić information content (AvgIpc) is 3.06. The second-order valence-corrected chi connectivity index (χ2v) is 5.55. The molecular formula is C18H11ClF3NO3. The van der Waals surface area contributed by atoms with Crippen LogP contribution in [0, 0.1) is 0 Å². The fourth-order valence-corrected chi connectivity index (χ4v) is 2.46. The van der Waals surface area contributed by atoms with Crippen LogP contribution in [0.3, 0.4) is 0 Å². The lowest BCUT2D eigenvalue weighted by molar-refractivity contribution is -0.274. The van der Waals surface area contributed by atoms with Gasteiger partial charge >= 0.3 is 6.36 Å². The molecule has 2 aromatic carbocycles. The Morgan fingerprint density at radius 1 is 1.00 bits per heavy atom. The van der Waals surface area contributed by atoms with Gasteiger partial charge in [-0.1, -0.05) is 35.9 Å². The smallest absolute Gasteiger partial charge is 0.451 e. The van der Waals surface area contributed by atoms with Crippen LogP contribution < -0.4 is 10.1 Å². The Bertz CT molecular complexity index is 937. The summed E-state index contributed by atoms with van der Waals surface area (Å²) in [6, 6.07) is 15.1. The Labute approximate surface area is 151 Å². The topological polar surface area (TPSA) is 51.5 Å². The quantitative estimate of drug-likeness (QED) is 0.626. The Balaban J connectivity index is 1.81. The van der Waals surface area contributed by atoms with Crippen LogP contribution in [0.1, 0.15) is 10.6 Å². The maximum absolute atomic E-state index is 12.4. The first-order valence-corrected chi connectivity index (χ1v) is 7.72. The fraction of sp³-hybridized carbons (Fsp3) is 0.0556. The number of hydrogen-bond donors (Lipinski definition) is 1. The first-order chi connectivity index (χ1) is 12.3. The molecule has 1 heterocycles. The van der Waals surface area contributed by atoms with Crippen LogP contribution in [-0.4, -0.2) is 12.3 Å². The lowest BCUT2D eigenvalue weighted by Crippen LogP contribution is -2.19. The molecule has 0 radical (unpaired) electrons. The van der Waals surface area contributed by atoms with Crippen LogP contribution in [0.4, 0.5) is 18.9 Å². The normalized spacial score (nSPS) is 11.2. The van der Waals surface area contributed by atoms with Crippen molar-refractivity contribution in [3.63, 3.8) is 0 Å². The van der Waals surface area contributed by atoms with Gasteiger partial charge in [0.2, 0.25) is 0 Å². The van der Waals surface area contributed by atoms with Gasteiger partial charge in [0.05, 0.1) is 10.7 Å². The van der Waals surface area contributed by atoms with Crippen molar-refractivity contribution in [3.05, 3.63) is 71.4 Å². The van der Waals surface area contributed by atoms with Gasteiger partial charge in [0, 0.05) is 5.56 Å². The summed E-state index contributed by atoms with van der Waals surface area (Å²) in [5.74, 6) is -0.963. The van der Waals surface area contributed by atoms with Gasteiger partial charge in [-0.15, -0.1) is 13.2 Å². The summed E-state index contributed by atoms with van der Waals surface area (Å²) in [5, 5.41) is 2.78. The van der Waals surface area contributed by atoms with E-state index in [-0.39, 0.29) is 11.4 Å². The summed E-state index contributed by atoms with van der Waals surface area (Å²) in [6.45, 7) is 0. The van der Waals surface area contributed by atoms with Crippen molar-refractivity contribution in [2.75, 3.05) is 5.32 Å². The molecule has 0 spiro atoms. The van der Waals surface area contributed by atoms with Crippen molar-refractivity contribution >= 4 is 23.2 Å². The number of hydrogen-bond acceptors (Lipinski definition) is 3. The van der Waals surface area contributed by atoms with E-state index in [0.717, 1.165) is 6.07 Å². The van der Waals surface area contributed by atoms with Gasteiger partial charge in [-0.2, -0.15) is 0 Å². The minimum Gasteiger partial charge on any atom is -0.451 e. The van der Waals surface area contributed by atoms with Crippen LogP contribution >= 0.6 is 11.6 Å². The number of carbonyl (C=O) groups excluding carboxylic acids is 1. The highest BCUT2D eigenvalue weighted by atomic mass is 35.5. The minimum atomic E-state index is -4.87. The molecule has 1 N–H and O–H groups in total. The van der Waals surface area contributed by atoms with E-state index in [1.165, 1.54) is 24.3 Å². The summed E-state index contributed by atoms with van der Waals surface area (Å²) >= 11 is 6.08. The van der Waals surface area contributed by atoms with Crippen molar-refractivity contribution in [3.8, 4) is 17.1 Å². The highest BCUT2D eigenvalue weighted by Gasteiger charge is 2.32. The third kappa shape index (κ3) is 4.18. The summed E-state index contributed by atoms with van der Waals surface area (Å²) in [4.78, 5) is 12.3. The minimum absolute atomic E-state index is 0.0817. The van der Waals surface area contributed by atoms with Crippen LogP contribution in [-0.2, 0) is 0 Å². The molecule has 0 bridgehead atoms. The largest absolute Gasteiger partial charge is 0.573 e. The van der Waals surface area contributed by atoms with Crippen LogP contribution in [0.25, 0.3) is 11.3 Å². The highest BCUT2D eigenvalue weighted by molar-refractivity contribution is 6.33. The molecular weight excluding hydrogens is 371 g/mol. The standard InChI is InChI=1S/C18H11ClF3NO3/c19-12-6-2-1-5-11(12)14-9-10-16(25-14)17(24)23-13-7-3-4-8-15(13)26-18(20,21)22/h1-10H,(H,23,24). The number of para-hydroxylation sites is 2. The lowest BCUT2D eigenvalue weighted by Gasteiger charge is -2.13. The van der Waals surface area contributed by atoms with Crippen molar-refractivity contribution in [1.82, 2.24) is 0 Å². The third-order valence-corrected chi connectivity index (χ3v) is 3.66. The molecule has 0 unspecified atom stereocenters. The van der Waals surface area contributed by atoms with E-state index in [9.17, 15) is 18.0 Å². The summed E-state index contributed by atoms with van der Waals surface area (Å²) in [5.41, 5.74) is 0.458. The number of nitrogens with one attached hydrogen (secondary N) is 1. The SMILES string of the molecule is O=C(Nc1ccccc1OC(F)(F)F)c1ccc(-c2ccccc2Cl)o1. The fourth-order valence-electron chi connectivity index (χ4n) is 2.23. The van der Waals surface area contributed by atoms with E-state index in [1.807, 2.05) is 0 Å². The zero-order valence-electron chi connectivity index (χ0n) is 13.0. The maximum Gasteiger partial charge on any atom is 0.573 e. The number of benzene rings is 2. The maximum atomic E-state index is 12.4. The molecule has 26 heavy (non-hydrogen) atoms. The molecule has 8 heteroatoms. The number of amides is 1. The highest BCUT2D eigenvalue weighted by Crippen LogP contribution is 2.32. The summed E-state index contributed by atoms with van der Waals surface area (Å²) < 4.78 is 46.7. The van der Waals surface area contributed by atoms with Crippen LogP contribution in [0.2, 0.25) is 5.02 Å². The Kier molecular flexibility index (Phi) is 4.90. The van der Waals surface area contributed by atoms with Crippen molar-refractivity contribution in [2.45, 2.75) is 6.36 Å². The molecule has 3 rings (SSSR count). The van der Waals surface area contributed by atoms with E-state index in [2.05, 4.69) is 10.1 Å². The molecule has 0 saturated heterocycles. The molecule has 0 aliphatic rings. The van der Waals surface area contributed by atoms with Gasteiger partial charge in [0.25, 0.3) is 5.91 Å². The molecule has 0 atom stereocenters. The predicted octanol–water partition coefficient (Wildman–Crippen LogP) is 5.75. The van der Waals surface area contributed by atoms with Crippen LogP contribution in [0.5, 0.6) is 5.75 Å². The number of furan rings is 1. The molecule has 0 saturated carbocycles. The van der Waals surface area contributed by atoms with Gasteiger partial charge in [-0.3, -0.25) is 4.79 Å². The monoisotopic (exact) mass is 381 g/mol. The Morgan fingerprint density at radius 3 is 2.42 bits per heavy atom. The molecule has 1 aromatic heterocycles. The number of halogens is 4. The molecule has 3 aromatic rings.